The highest BCUT2D eigenvalue weighted by atomic mass is 19.4. The number of amides is 3. The molecule has 2 aliphatic rings. The minimum atomic E-state index is -4.69. The summed E-state index contributed by atoms with van der Waals surface area (Å²) in [7, 11) is 0. The van der Waals surface area contributed by atoms with Gasteiger partial charge in [-0.2, -0.15) is 13.2 Å². The van der Waals surface area contributed by atoms with Crippen LogP contribution in [0.4, 0.5) is 18.0 Å². The van der Waals surface area contributed by atoms with Crippen molar-refractivity contribution < 1.29 is 32.7 Å². The molecule has 1 aromatic rings. The quantitative estimate of drug-likeness (QED) is 0.521. The molecule has 9 heteroatoms. The third kappa shape index (κ3) is 4.91. The van der Waals surface area contributed by atoms with Crippen LogP contribution in [0, 0.1) is 11.8 Å². The molecule has 3 amide bonds. The molecule has 3 rings (SSSR count). The first-order valence-corrected chi connectivity index (χ1v) is 10.3. The predicted octanol–water partition coefficient (Wildman–Crippen LogP) is 3.92. The molecule has 168 valence electrons. The Labute approximate surface area is 178 Å². The monoisotopic (exact) mass is 438 g/mol. The first kappa shape index (κ1) is 22.8. The molecule has 3 atom stereocenters. The van der Waals surface area contributed by atoms with Crippen LogP contribution in [0.25, 0.3) is 0 Å². The molecule has 1 aliphatic heterocycles. The highest BCUT2D eigenvalue weighted by Crippen LogP contribution is 2.37. The summed E-state index contributed by atoms with van der Waals surface area (Å²) in [5.41, 5.74) is 1.11. The minimum absolute atomic E-state index is 0.226. The number of carbonyl (C=O) groups is 3. The molecule has 0 spiro atoms. The van der Waals surface area contributed by atoms with Crippen LogP contribution < -0.4 is 5.32 Å². The topological polar surface area (TPSA) is 86.7 Å². The zero-order valence-electron chi connectivity index (χ0n) is 16.9. The van der Waals surface area contributed by atoms with Gasteiger partial charge in [-0.05, 0) is 30.7 Å². The van der Waals surface area contributed by atoms with E-state index >= 15 is 0 Å². The number of carboxylic acids is 1. The Bertz CT molecular complexity index is 850. The van der Waals surface area contributed by atoms with E-state index in [-0.39, 0.29) is 6.42 Å². The van der Waals surface area contributed by atoms with Crippen molar-refractivity contribution in [2.24, 2.45) is 11.8 Å². The number of imide groups is 1. The van der Waals surface area contributed by atoms with Crippen molar-refractivity contribution >= 4 is 17.9 Å². The number of likely N-dealkylation sites (tertiary alicyclic amines) is 1. The summed E-state index contributed by atoms with van der Waals surface area (Å²) in [4.78, 5) is 37.3. The van der Waals surface area contributed by atoms with E-state index in [0.717, 1.165) is 12.0 Å². The van der Waals surface area contributed by atoms with Crippen LogP contribution in [0.15, 0.2) is 42.5 Å². The smallest absolute Gasteiger partial charge is 0.408 e. The fourth-order valence-corrected chi connectivity index (χ4v) is 4.47. The van der Waals surface area contributed by atoms with Gasteiger partial charge >= 0.3 is 18.2 Å². The molecule has 0 unspecified atom stereocenters. The van der Waals surface area contributed by atoms with Crippen LogP contribution in [0.5, 0.6) is 0 Å². The molecule has 1 saturated carbocycles. The van der Waals surface area contributed by atoms with Gasteiger partial charge in [-0.25, -0.2) is 14.5 Å². The molecule has 1 aliphatic carbocycles. The summed E-state index contributed by atoms with van der Waals surface area (Å²) in [6.07, 6.45) is -1.73. The number of halogens is 3. The largest absolute Gasteiger partial charge is 0.480 e. The standard InChI is InChI=1S/C22H25F3N2O4/c1-13(12-14-8-4-2-5-9-14)16-17(20(29)30)27(19(16)28)21(31)26-18(22(23,24)25)15-10-6-3-7-11-15/h2,4-5,8-9,15-18H,1,3,6-7,10-12H2,(H,26,31)(H,29,30)/t16-,17+,18+/m1/s1. The number of carboxylic acid groups (broad SMARTS) is 1. The second-order valence-electron chi connectivity index (χ2n) is 8.16. The zero-order chi connectivity index (χ0) is 22.8. The Kier molecular flexibility index (Phi) is 6.71. The molecule has 0 aromatic heterocycles. The fourth-order valence-electron chi connectivity index (χ4n) is 4.47. The maximum atomic E-state index is 13.6. The number of benzene rings is 1. The van der Waals surface area contributed by atoms with E-state index in [2.05, 4.69) is 6.58 Å². The second kappa shape index (κ2) is 9.11. The highest BCUT2D eigenvalue weighted by Gasteiger charge is 2.57. The van der Waals surface area contributed by atoms with Gasteiger partial charge < -0.3 is 10.4 Å². The number of hydrogen-bond acceptors (Lipinski definition) is 3. The number of β-lactam (4-membered cyclic amide) rings is 1. The first-order valence-electron chi connectivity index (χ1n) is 10.3. The van der Waals surface area contributed by atoms with Gasteiger partial charge in [0.05, 0.1) is 5.92 Å². The van der Waals surface area contributed by atoms with E-state index in [4.69, 9.17) is 0 Å². The maximum absolute atomic E-state index is 13.6. The van der Waals surface area contributed by atoms with Gasteiger partial charge in [0, 0.05) is 0 Å². The number of rotatable bonds is 6. The molecule has 2 fully saturated rings. The van der Waals surface area contributed by atoms with Gasteiger partial charge in [-0.3, -0.25) is 4.79 Å². The third-order valence-corrected chi connectivity index (χ3v) is 6.04. The molecule has 6 nitrogen and oxygen atoms in total. The van der Waals surface area contributed by atoms with Crippen LogP contribution in [0.1, 0.15) is 37.7 Å². The number of hydrogen-bond donors (Lipinski definition) is 2. The van der Waals surface area contributed by atoms with Crippen LogP contribution >= 0.6 is 0 Å². The van der Waals surface area contributed by atoms with Crippen molar-refractivity contribution in [1.29, 1.82) is 0 Å². The number of urea groups is 1. The number of aliphatic carboxylic acids is 1. The van der Waals surface area contributed by atoms with Crippen molar-refractivity contribution in [2.45, 2.75) is 56.8 Å². The average Bonchev–Trinajstić information content (AvgIpc) is 2.70. The lowest BCUT2D eigenvalue weighted by molar-refractivity contribution is -0.172. The molecular weight excluding hydrogens is 413 g/mol. The van der Waals surface area contributed by atoms with Crippen LogP contribution in [0.2, 0.25) is 0 Å². The SMILES string of the molecule is C=C(Cc1ccccc1)[C@H]1C(=O)N(C(=O)N[C@@H](C2CCCCC2)C(F)(F)F)[C@@H]1C(=O)O. The van der Waals surface area contributed by atoms with Gasteiger partial charge in [-0.1, -0.05) is 61.7 Å². The van der Waals surface area contributed by atoms with Crippen molar-refractivity contribution in [3.8, 4) is 0 Å². The van der Waals surface area contributed by atoms with E-state index in [0.29, 0.717) is 36.2 Å². The molecule has 1 heterocycles. The van der Waals surface area contributed by atoms with Crippen molar-refractivity contribution in [1.82, 2.24) is 10.2 Å². The molecule has 1 aromatic carbocycles. The molecule has 0 radical (unpaired) electrons. The summed E-state index contributed by atoms with van der Waals surface area (Å²) in [5, 5.41) is 11.5. The number of carbonyl (C=O) groups excluding carboxylic acids is 2. The van der Waals surface area contributed by atoms with Crippen LogP contribution in [-0.4, -0.2) is 46.2 Å². The van der Waals surface area contributed by atoms with E-state index in [9.17, 15) is 32.7 Å². The Balaban J connectivity index is 1.73. The maximum Gasteiger partial charge on any atom is 0.408 e. The first-order chi connectivity index (χ1) is 14.6. The van der Waals surface area contributed by atoms with Gasteiger partial charge in [0.2, 0.25) is 5.91 Å². The lowest BCUT2D eigenvalue weighted by atomic mass is 9.79. The van der Waals surface area contributed by atoms with E-state index < -0.39 is 48.0 Å². The van der Waals surface area contributed by atoms with E-state index in [1.165, 1.54) is 0 Å². The minimum Gasteiger partial charge on any atom is -0.480 e. The zero-order valence-corrected chi connectivity index (χ0v) is 16.9. The summed E-state index contributed by atoms with van der Waals surface area (Å²) in [5.74, 6) is -4.27. The van der Waals surface area contributed by atoms with Gasteiger partial charge in [0.1, 0.15) is 6.04 Å². The molecule has 0 bridgehead atoms. The second-order valence-corrected chi connectivity index (χ2v) is 8.16. The summed E-state index contributed by atoms with van der Waals surface area (Å²) < 4.78 is 40.8. The number of alkyl halides is 3. The van der Waals surface area contributed by atoms with Crippen LogP contribution in [0.3, 0.4) is 0 Å². The van der Waals surface area contributed by atoms with Crippen LogP contribution in [-0.2, 0) is 16.0 Å². The molecule has 31 heavy (non-hydrogen) atoms. The van der Waals surface area contributed by atoms with Gasteiger partial charge in [0.15, 0.2) is 6.04 Å². The normalized spacial score (nSPS) is 23.1. The molecule has 1 saturated heterocycles. The van der Waals surface area contributed by atoms with Crippen molar-refractivity contribution in [3.63, 3.8) is 0 Å². The number of nitrogens with one attached hydrogen (secondary N) is 1. The van der Waals surface area contributed by atoms with E-state index in [1.54, 1.807) is 30.3 Å². The third-order valence-electron chi connectivity index (χ3n) is 6.04. The van der Waals surface area contributed by atoms with Crippen molar-refractivity contribution in [2.75, 3.05) is 0 Å². The number of nitrogens with zero attached hydrogens (tertiary/aromatic N) is 1. The molecular formula is C22H25F3N2O4. The Morgan fingerprint density at radius 2 is 1.77 bits per heavy atom. The highest BCUT2D eigenvalue weighted by molar-refractivity contribution is 6.09. The summed E-state index contributed by atoms with van der Waals surface area (Å²) in [6.45, 7) is 3.80. The fraction of sp³-hybridized carbons (Fsp3) is 0.500. The van der Waals surface area contributed by atoms with Gasteiger partial charge in [-0.15, -0.1) is 0 Å². The Morgan fingerprint density at radius 1 is 1.16 bits per heavy atom. The lowest BCUT2D eigenvalue weighted by Crippen LogP contribution is -2.70. The summed E-state index contributed by atoms with van der Waals surface area (Å²) >= 11 is 0. The molecule has 2 N–H and O–H groups in total. The predicted molar refractivity (Wildman–Crippen MR) is 106 cm³/mol. The Morgan fingerprint density at radius 3 is 2.32 bits per heavy atom. The summed E-state index contributed by atoms with van der Waals surface area (Å²) in [6, 6.07) is 3.91. The van der Waals surface area contributed by atoms with Crippen molar-refractivity contribution in [3.05, 3.63) is 48.0 Å². The lowest BCUT2D eigenvalue weighted by Gasteiger charge is -2.44. The average molecular weight is 438 g/mol. The van der Waals surface area contributed by atoms with Gasteiger partial charge in [0.25, 0.3) is 0 Å². The van der Waals surface area contributed by atoms with E-state index in [1.807, 2.05) is 5.32 Å². The Hall–Kier alpha value is -2.84.